The average molecular weight is 276 g/mol. The van der Waals surface area contributed by atoms with Crippen LogP contribution in [0.3, 0.4) is 0 Å². The first-order chi connectivity index (χ1) is 9.56. The van der Waals surface area contributed by atoms with Gasteiger partial charge in [-0.25, -0.2) is 4.39 Å². The summed E-state index contributed by atoms with van der Waals surface area (Å²) in [6.45, 7) is 0. The van der Waals surface area contributed by atoms with E-state index in [0.29, 0.717) is 5.92 Å². The standard InChI is InChI=1S/C15H17FN2O2/c1-18-13(19)8-12(15(18)20)17-14(9-2-3-9)10-4-6-11(16)7-5-10/h4-7,9,12,14,17H,2-3,8H2,1H3. The number of amides is 2. The molecule has 4 nitrogen and oxygen atoms in total. The third-order valence-corrected chi connectivity index (χ3v) is 4.08. The Morgan fingerprint density at radius 2 is 1.90 bits per heavy atom. The van der Waals surface area contributed by atoms with E-state index in [4.69, 9.17) is 0 Å². The van der Waals surface area contributed by atoms with E-state index in [9.17, 15) is 14.0 Å². The van der Waals surface area contributed by atoms with Crippen LogP contribution >= 0.6 is 0 Å². The van der Waals surface area contributed by atoms with Gasteiger partial charge in [0.15, 0.2) is 0 Å². The number of hydrogen-bond donors (Lipinski definition) is 1. The molecular formula is C15H17FN2O2. The molecule has 1 aromatic rings. The summed E-state index contributed by atoms with van der Waals surface area (Å²) in [4.78, 5) is 24.7. The van der Waals surface area contributed by atoms with Gasteiger partial charge in [0.25, 0.3) is 0 Å². The van der Waals surface area contributed by atoms with Gasteiger partial charge in [0.2, 0.25) is 11.8 Å². The maximum absolute atomic E-state index is 13.0. The molecule has 2 unspecified atom stereocenters. The third kappa shape index (κ3) is 2.45. The number of nitrogens with zero attached hydrogens (tertiary/aromatic N) is 1. The van der Waals surface area contributed by atoms with Crippen molar-refractivity contribution in [1.29, 1.82) is 0 Å². The molecule has 2 fully saturated rings. The van der Waals surface area contributed by atoms with Crippen LogP contribution in [0.15, 0.2) is 24.3 Å². The van der Waals surface area contributed by atoms with Crippen molar-refractivity contribution in [2.24, 2.45) is 5.92 Å². The lowest BCUT2D eigenvalue weighted by atomic mass is 10.0. The van der Waals surface area contributed by atoms with Crippen LogP contribution in [-0.2, 0) is 9.59 Å². The second kappa shape index (κ2) is 4.98. The van der Waals surface area contributed by atoms with Gasteiger partial charge in [-0.1, -0.05) is 12.1 Å². The molecule has 1 aliphatic heterocycles. The van der Waals surface area contributed by atoms with Crippen LogP contribution in [0.2, 0.25) is 0 Å². The maximum atomic E-state index is 13.0. The van der Waals surface area contributed by atoms with Crippen molar-refractivity contribution in [3.05, 3.63) is 35.6 Å². The van der Waals surface area contributed by atoms with Gasteiger partial charge < -0.3 is 0 Å². The van der Waals surface area contributed by atoms with E-state index in [0.717, 1.165) is 18.4 Å². The molecule has 1 aromatic carbocycles. The quantitative estimate of drug-likeness (QED) is 0.850. The Morgan fingerprint density at radius 3 is 2.40 bits per heavy atom. The second-order valence-electron chi connectivity index (χ2n) is 5.58. The minimum Gasteiger partial charge on any atom is -0.298 e. The second-order valence-corrected chi connectivity index (χ2v) is 5.58. The predicted octanol–water partition coefficient (Wildman–Crippen LogP) is 1.62. The summed E-state index contributed by atoms with van der Waals surface area (Å²) in [5.74, 6) is -0.131. The van der Waals surface area contributed by atoms with Gasteiger partial charge in [-0.15, -0.1) is 0 Å². The Balaban J connectivity index is 1.77. The van der Waals surface area contributed by atoms with Crippen molar-refractivity contribution < 1.29 is 14.0 Å². The van der Waals surface area contributed by atoms with Crippen molar-refractivity contribution in [2.75, 3.05) is 7.05 Å². The Bertz CT molecular complexity index is 539. The molecule has 2 atom stereocenters. The minimum atomic E-state index is -0.455. The van der Waals surface area contributed by atoms with Gasteiger partial charge >= 0.3 is 0 Å². The lowest BCUT2D eigenvalue weighted by molar-refractivity contribution is -0.137. The fraction of sp³-hybridized carbons (Fsp3) is 0.467. The van der Waals surface area contributed by atoms with Crippen LogP contribution < -0.4 is 5.32 Å². The molecule has 2 aliphatic rings. The zero-order valence-corrected chi connectivity index (χ0v) is 11.3. The molecule has 0 radical (unpaired) electrons. The number of halogens is 1. The molecule has 0 bridgehead atoms. The van der Waals surface area contributed by atoms with E-state index >= 15 is 0 Å². The van der Waals surface area contributed by atoms with Gasteiger partial charge in [0.05, 0.1) is 12.5 Å². The molecular weight excluding hydrogens is 259 g/mol. The van der Waals surface area contributed by atoms with E-state index in [1.165, 1.54) is 24.1 Å². The first kappa shape index (κ1) is 13.2. The van der Waals surface area contributed by atoms with Crippen LogP contribution in [-0.4, -0.2) is 29.8 Å². The number of nitrogens with one attached hydrogen (secondary N) is 1. The highest BCUT2D eigenvalue weighted by molar-refractivity contribution is 6.05. The molecule has 1 heterocycles. The number of likely N-dealkylation sites (N-methyl/N-ethyl adjacent to an activating group) is 1. The Labute approximate surface area is 117 Å². The number of benzene rings is 1. The Kier molecular flexibility index (Phi) is 3.30. The van der Waals surface area contributed by atoms with E-state index in [1.807, 2.05) is 0 Å². The van der Waals surface area contributed by atoms with Crippen molar-refractivity contribution in [3.8, 4) is 0 Å². The molecule has 20 heavy (non-hydrogen) atoms. The van der Waals surface area contributed by atoms with Crippen LogP contribution in [0.25, 0.3) is 0 Å². The van der Waals surface area contributed by atoms with Crippen molar-refractivity contribution >= 4 is 11.8 Å². The number of imide groups is 1. The molecule has 106 valence electrons. The van der Waals surface area contributed by atoms with Crippen LogP contribution in [0.5, 0.6) is 0 Å². The lowest BCUT2D eigenvalue weighted by Crippen LogP contribution is -2.40. The van der Waals surface area contributed by atoms with Crippen LogP contribution in [0.1, 0.15) is 30.9 Å². The summed E-state index contributed by atoms with van der Waals surface area (Å²) in [6.07, 6.45) is 2.40. The highest BCUT2D eigenvalue weighted by Crippen LogP contribution is 2.41. The summed E-state index contributed by atoms with van der Waals surface area (Å²) in [7, 11) is 1.51. The van der Waals surface area contributed by atoms with Crippen molar-refractivity contribution in [1.82, 2.24) is 10.2 Å². The summed E-state index contributed by atoms with van der Waals surface area (Å²) in [5, 5.41) is 3.29. The minimum absolute atomic E-state index is 0.0175. The van der Waals surface area contributed by atoms with E-state index in [1.54, 1.807) is 12.1 Å². The monoisotopic (exact) mass is 276 g/mol. The molecule has 5 heteroatoms. The molecule has 1 N–H and O–H groups in total. The number of rotatable bonds is 4. The molecule has 2 amide bonds. The van der Waals surface area contributed by atoms with Crippen molar-refractivity contribution in [2.45, 2.75) is 31.3 Å². The highest BCUT2D eigenvalue weighted by Gasteiger charge is 2.40. The number of likely N-dealkylation sites (tertiary alicyclic amines) is 1. The van der Waals surface area contributed by atoms with Gasteiger partial charge in [0.1, 0.15) is 5.82 Å². The van der Waals surface area contributed by atoms with Gasteiger partial charge in [-0.2, -0.15) is 0 Å². The first-order valence-electron chi connectivity index (χ1n) is 6.88. The van der Waals surface area contributed by atoms with Crippen LogP contribution in [0.4, 0.5) is 4.39 Å². The van der Waals surface area contributed by atoms with Gasteiger partial charge in [0, 0.05) is 13.1 Å². The number of carbonyl (C=O) groups is 2. The summed E-state index contributed by atoms with van der Waals surface area (Å²) < 4.78 is 13.0. The molecule has 3 rings (SSSR count). The number of hydrogen-bond acceptors (Lipinski definition) is 3. The molecule has 1 saturated carbocycles. The SMILES string of the molecule is CN1C(=O)CC(NC(c2ccc(F)cc2)C2CC2)C1=O. The fourth-order valence-electron chi connectivity index (χ4n) is 2.71. The van der Waals surface area contributed by atoms with Gasteiger partial charge in [-0.3, -0.25) is 19.8 Å². The van der Waals surface area contributed by atoms with E-state index in [-0.39, 0.29) is 30.1 Å². The van der Waals surface area contributed by atoms with E-state index < -0.39 is 6.04 Å². The average Bonchev–Trinajstić information content (AvgIpc) is 3.23. The zero-order valence-electron chi connectivity index (χ0n) is 11.3. The Hall–Kier alpha value is -1.75. The molecule has 0 spiro atoms. The topological polar surface area (TPSA) is 49.4 Å². The molecule has 0 aromatic heterocycles. The van der Waals surface area contributed by atoms with Crippen LogP contribution in [0, 0.1) is 11.7 Å². The third-order valence-electron chi connectivity index (χ3n) is 4.08. The molecule has 1 aliphatic carbocycles. The Morgan fingerprint density at radius 1 is 1.25 bits per heavy atom. The molecule has 1 saturated heterocycles. The normalized spacial score (nSPS) is 24.3. The van der Waals surface area contributed by atoms with Crippen molar-refractivity contribution in [3.63, 3.8) is 0 Å². The summed E-state index contributed by atoms with van der Waals surface area (Å²) in [5.41, 5.74) is 0.976. The highest BCUT2D eigenvalue weighted by atomic mass is 19.1. The maximum Gasteiger partial charge on any atom is 0.246 e. The van der Waals surface area contributed by atoms with E-state index in [2.05, 4.69) is 5.32 Å². The van der Waals surface area contributed by atoms with Gasteiger partial charge in [-0.05, 0) is 36.5 Å². The smallest absolute Gasteiger partial charge is 0.246 e. The fourth-order valence-corrected chi connectivity index (χ4v) is 2.71. The zero-order chi connectivity index (χ0) is 14.3. The first-order valence-corrected chi connectivity index (χ1v) is 6.88. The summed E-state index contributed by atoms with van der Waals surface area (Å²) >= 11 is 0. The largest absolute Gasteiger partial charge is 0.298 e. The summed E-state index contributed by atoms with van der Waals surface area (Å²) in [6, 6.07) is 5.92. The lowest BCUT2D eigenvalue weighted by Gasteiger charge is -2.22. The predicted molar refractivity (Wildman–Crippen MR) is 71.2 cm³/mol. The number of carbonyl (C=O) groups excluding carboxylic acids is 2.